The lowest BCUT2D eigenvalue weighted by molar-refractivity contribution is -0.283. The maximum Gasteiger partial charge on any atom is 0.407 e. The number of ketones is 1. The SMILES string of the molecule is CO[C@@H]1O[C@H](C(=O)NCCCC[C@H](CC(=O)[C@@H](NC(=O)OCC2c3ccccc3-c3ccccc32)C(C)C)C(=O)O)[C@@H](O)[C@H](O)[C@H]1O. The number of unbranched alkanes of at least 4 members (excludes halogenated alkanes) is 1. The molecule has 0 saturated carbocycles. The molecule has 47 heavy (non-hydrogen) atoms. The first-order valence-corrected chi connectivity index (χ1v) is 15.8. The molecule has 1 aliphatic carbocycles. The number of aliphatic carboxylic acids is 1. The average molecular weight is 657 g/mol. The topological polar surface area (TPSA) is 201 Å². The summed E-state index contributed by atoms with van der Waals surface area (Å²) in [5.41, 5.74) is 4.29. The molecule has 256 valence electrons. The number of hydrogen-bond donors (Lipinski definition) is 6. The molecule has 1 aliphatic heterocycles. The lowest BCUT2D eigenvalue weighted by atomic mass is 9.90. The van der Waals surface area contributed by atoms with Crippen molar-refractivity contribution >= 4 is 23.8 Å². The number of amides is 2. The molecule has 1 fully saturated rings. The van der Waals surface area contributed by atoms with Gasteiger partial charge in [0.1, 0.15) is 24.9 Å². The van der Waals surface area contributed by atoms with Crippen molar-refractivity contribution in [1.82, 2.24) is 10.6 Å². The summed E-state index contributed by atoms with van der Waals surface area (Å²) in [6.45, 7) is 3.70. The number of Topliss-reactive ketones (excluding diaryl/α,β-unsaturated/α-hetero) is 1. The number of aliphatic hydroxyl groups excluding tert-OH is 3. The van der Waals surface area contributed by atoms with Crippen LogP contribution in [0.25, 0.3) is 11.1 Å². The largest absolute Gasteiger partial charge is 0.481 e. The van der Waals surface area contributed by atoms with Crippen LogP contribution in [0.15, 0.2) is 48.5 Å². The van der Waals surface area contributed by atoms with E-state index >= 15 is 0 Å². The van der Waals surface area contributed by atoms with Crippen molar-refractivity contribution in [2.75, 3.05) is 20.3 Å². The molecule has 0 radical (unpaired) electrons. The number of carboxylic acids is 1. The summed E-state index contributed by atoms with van der Waals surface area (Å²) in [6.07, 6.45) is -7.82. The minimum atomic E-state index is -1.67. The van der Waals surface area contributed by atoms with Gasteiger partial charge in [0, 0.05) is 26.0 Å². The van der Waals surface area contributed by atoms with Gasteiger partial charge in [-0.3, -0.25) is 14.4 Å². The Kier molecular flexibility index (Phi) is 12.5. The smallest absolute Gasteiger partial charge is 0.407 e. The Hall–Kier alpha value is -3.88. The van der Waals surface area contributed by atoms with Gasteiger partial charge in [-0.15, -0.1) is 0 Å². The third kappa shape index (κ3) is 8.54. The van der Waals surface area contributed by atoms with Crippen LogP contribution in [-0.4, -0.2) is 101 Å². The third-order valence-corrected chi connectivity index (χ3v) is 8.77. The van der Waals surface area contributed by atoms with E-state index in [0.717, 1.165) is 22.3 Å². The summed E-state index contributed by atoms with van der Waals surface area (Å²) in [4.78, 5) is 50.6. The van der Waals surface area contributed by atoms with Gasteiger partial charge >= 0.3 is 12.1 Å². The van der Waals surface area contributed by atoms with Gasteiger partial charge in [0.2, 0.25) is 0 Å². The average Bonchev–Trinajstić information content (AvgIpc) is 3.37. The molecule has 2 aromatic carbocycles. The summed E-state index contributed by atoms with van der Waals surface area (Å²) in [5, 5.41) is 44.9. The number of carbonyl (C=O) groups excluding carboxylic acids is 3. The number of nitrogens with one attached hydrogen (secondary N) is 2. The Morgan fingerprint density at radius 2 is 1.51 bits per heavy atom. The van der Waals surface area contributed by atoms with Crippen molar-refractivity contribution in [1.29, 1.82) is 0 Å². The molecule has 1 heterocycles. The highest BCUT2D eigenvalue weighted by Gasteiger charge is 2.47. The maximum atomic E-state index is 13.2. The predicted octanol–water partition coefficient (Wildman–Crippen LogP) is 1.95. The second kappa shape index (κ2) is 16.3. The number of ether oxygens (including phenoxy) is 3. The molecule has 4 rings (SSSR count). The standard InChI is InChI=1S/C34H44N2O11/c1-18(2)26(36-34(44)46-17-24-22-13-6-4-11-20(22)21-12-5-7-14-23(21)24)25(37)16-19(32(42)43)10-8-9-15-35-31(41)30-28(39)27(38)29(40)33(45-3)47-30/h4-7,11-14,18-19,24,26-30,33,38-40H,8-10,15-17H2,1-3H3,(H,35,41)(H,36,44)(H,42,43)/t19-,26+,27+,28+,29-,30+,33-/m1/s1. The number of rotatable bonds is 15. The number of alkyl carbamates (subject to hydrolysis) is 1. The molecule has 2 aromatic rings. The van der Waals surface area contributed by atoms with Gasteiger partial charge in [-0.2, -0.15) is 0 Å². The van der Waals surface area contributed by atoms with Crippen LogP contribution in [0.1, 0.15) is 56.6 Å². The molecule has 0 aromatic heterocycles. The molecular formula is C34H44N2O11. The van der Waals surface area contributed by atoms with Crippen molar-refractivity contribution in [2.45, 2.75) is 82.2 Å². The van der Waals surface area contributed by atoms with E-state index in [1.54, 1.807) is 13.8 Å². The molecule has 2 amide bonds. The molecular weight excluding hydrogens is 612 g/mol. The summed E-state index contributed by atoms with van der Waals surface area (Å²) in [7, 11) is 1.22. The lowest BCUT2D eigenvalue weighted by Gasteiger charge is -2.38. The molecule has 1 saturated heterocycles. The Balaban J connectivity index is 1.24. The minimum absolute atomic E-state index is 0.0779. The van der Waals surface area contributed by atoms with Crippen molar-refractivity contribution < 1.29 is 53.8 Å². The van der Waals surface area contributed by atoms with Crippen LogP contribution in [0.5, 0.6) is 0 Å². The molecule has 13 nitrogen and oxygen atoms in total. The fourth-order valence-corrected chi connectivity index (χ4v) is 6.16. The van der Waals surface area contributed by atoms with Crippen molar-refractivity contribution in [3.05, 3.63) is 59.7 Å². The summed E-state index contributed by atoms with van der Waals surface area (Å²) in [6, 6.07) is 14.9. The zero-order valence-electron chi connectivity index (χ0n) is 26.7. The number of hydrogen-bond acceptors (Lipinski definition) is 10. The Bertz CT molecular complexity index is 1370. The number of benzene rings is 2. The molecule has 0 bridgehead atoms. The molecule has 0 spiro atoms. The lowest BCUT2D eigenvalue weighted by Crippen LogP contribution is -2.61. The van der Waals surface area contributed by atoms with E-state index in [2.05, 4.69) is 10.6 Å². The highest BCUT2D eigenvalue weighted by molar-refractivity contribution is 5.90. The number of methoxy groups -OCH3 is 1. The van der Waals surface area contributed by atoms with E-state index in [0.29, 0.717) is 12.8 Å². The van der Waals surface area contributed by atoms with Crippen molar-refractivity contribution in [2.24, 2.45) is 11.8 Å². The number of carbonyl (C=O) groups is 4. The van der Waals surface area contributed by atoms with Crippen molar-refractivity contribution in [3.63, 3.8) is 0 Å². The summed E-state index contributed by atoms with van der Waals surface area (Å²) >= 11 is 0. The van der Waals surface area contributed by atoms with Gasteiger partial charge in [-0.05, 0) is 41.0 Å². The Morgan fingerprint density at radius 1 is 0.894 bits per heavy atom. The Labute approximate surface area is 273 Å². The Morgan fingerprint density at radius 3 is 2.09 bits per heavy atom. The van der Waals surface area contributed by atoms with E-state index in [4.69, 9.17) is 14.2 Å². The van der Waals surface area contributed by atoms with Gasteiger partial charge in [0.25, 0.3) is 5.91 Å². The van der Waals surface area contributed by atoms with Gasteiger partial charge in [-0.25, -0.2) is 4.79 Å². The van der Waals surface area contributed by atoms with Crippen LogP contribution in [0, 0.1) is 11.8 Å². The predicted molar refractivity (Wildman–Crippen MR) is 168 cm³/mol. The van der Waals surface area contributed by atoms with Gasteiger partial charge in [0.05, 0.1) is 12.0 Å². The number of aliphatic hydroxyl groups is 3. The first-order chi connectivity index (χ1) is 22.4. The molecule has 7 atom stereocenters. The maximum absolute atomic E-state index is 13.2. The fourth-order valence-electron chi connectivity index (χ4n) is 6.16. The van der Waals surface area contributed by atoms with Crippen LogP contribution in [0.3, 0.4) is 0 Å². The normalized spacial score (nSPS) is 23.3. The highest BCUT2D eigenvalue weighted by atomic mass is 16.7. The van der Waals surface area contributed by atoms with E-state index < -0.39 is 66.4 Å². The summed E-state index contributed by atoms with van der Waals surface area (Å²) < 4.78 is 15.7. The fraction of sp³-hybridized carbons (Fsp3) is 0.529. The van der Waals surface area contributed by atoms with Gasteiger partial charge in [-0.1, -0.05) is 68.8 Å². The van der Waals surface area contributed by atoms with Gasteiger partial charge in [0.15, 0.2) is 18.2 Å². The van der Waals surface area contributed by atoms with Crippen LogP contribution in [-0.2, 0) is 28.6 Å². The van der Waals surface area contributed by atoms with E-state index in [1.165, 1.54) is 7.11 Å². The molecule has 13 heteroatoms. The second-order valence-electron chi connectivity index (χ2n) is 12.3. The zero-order valence-corrected chi connectivity index (χ0v) is 26.7. The molecule has 0 unspecified atom stereocenters. The first kappa shape index (κ1) is 36.0. The second-order valence-corrected chi connectivity index (χ2v) is 12.3. The van der Waals surface area contributed by atoms with E-state index in [9.17, 15) is 39.6 Å². The van der Waals surface area contributed by atoms with Crippen LogP contribution >= 0.6 is 0 Å². The number of fused-ring (bicyclic) bond motifs is 3. The summed E-state index contributed by atoms with van der Waals surface area (Å²) in [5.74, 6) is -3.78. The molecule has 6 N–H and O–H groups in total. The van der Waals surface area contributed by atoms with Crippen LogP contribution in [0.2, 0.25) is 0 Å². The van der Waals surface area contributed by atoms with Crippen LogP contribution < -0.4 is 10.6 Å². The first-order valence-electron chi connectivity index (χ1n) is 15.8. The third-order valence-electron chi connectivity index (χ3n) is 8.77. The quantitative estimate of drug-likeness (QED) is 0.153. The molecule has 2 aliphatic rings. The van der Waals surface area contributed by atoms with E-state index in [-0.39, 0.29) is 37.8 Å². The highest BCUT2D eigenvalue weighted by Crippen LogP contribution is 2.44. The van der Waals surface area contributed by atoms with E-state index in [1.807, 2.05) is 48.5 Å². The monoisotopic (exact) mass is 656 g/mol. The van der Waals surface area contributed by atoms with Gasteiger partial charge < -0.3 is 45.3 Å². The van der Waals surface area contributed by atoms with Crippen molar-refractivity contribution in [3.8, 4) is 11.1 Å². The zero-order chi connectivity index (χ0) is 34.2. The number of carboxylic acid groups (broad SMARTS) is 1. The van der Waals surface area contributed by atoms with Crippen LogP contribution in [0.4, 0.5) is 4.79 Å². The minimum Gasteiger partial charge on any atom is -0.481 e.